The number of amides is 1. The molecule has 124 valence electrons. The van der Waals surface area contributed by atoms with Crippen molar-refractivity contribution in [3.8, 4) is 0 Å². The van der Waals surface area contributed by atoms with E-state index in [9.17, 15) is 18.0 Å². The Hall–Kier alpha value is -1.84. The summed E-state index contributed by atoms with van der Waals surface area (Å²) in [5.41, 5.74) is 0. The molecule has 0 saturated heterocycles. The molecule has 10 heteroatoms. The molecule has 0 saturated carbocycles. The Morgan fingerprint density at radius 2 is 2.22 bits per heavy atom. The summed E-state index contributed by atoms with van der Waals surface area (Å²) in [5, 5.41) is 10.3. The Labute approximate surface area is 137 Å². The molecule has 0 fully saturated rings. The molecule has 3 rings (SSSR count). The molecule has 23 heavy (non-hydrogen) atoms. The zero-order chi connectivity index (χ0) is 16.6. The number of carbonyl (C=O) groups is 1. The number of hydrogen-bond donors (Lipinski definition) is 1. The standard InChI is InChI=1S/C13H12BrF3N4O2/c14-9-3-2-8(23-9)12(22)18-5-11-20-19-10-4-1-7(6-21(10)11)13(15,16)17/h2-3,7H,1,4-6H2,(H,18,22)/t7-/m1/s1. The Morgan fingerprint density at radius 1 is 1.43 bits per heavy atom. The highest BCUT2D eigenvalue weighted by atomic mass is 79.9. The van der Waals surface area contributed by atoms with Crippen molar-refractivity contribution < 1.29 is 22.4 Å². The van der Waals surface area contributed by atoms with Gasteiger partial charge in [0.25, 0.3) is 5.91 Å². The van der Waals surface area contributed by atoms with Crippen LogP contribution < -0.4 is 5.32 Å². The summed E-state index contributed by atoms with van der Waals surface area (Å²) < 4.78 is 45.6. The third kappa shape index (κ3) is 3.41. The molecule has 2 aromatic rings. The van der Waals surface area contributed by atoms with Gasteiger partial charge in [0.15, 0.2) is 16.3 Å². The van der Waals surface area contributed by atoms with Crippen molar-refractivity contribution in [2.75, 3.05) is 0 Å². The molecule has 0 aliphatic carbocycles. The maximum Gasteiger partial charge on any atom is 0.393 e. The number of nitrogens with one attached hydrogen (secondary N) is 1. The highest BCUT2D eigenvalue weighted by molar-refractivity contribution is 9.10. The second-order valence-corrected chi connectivity index (χ2v) is 5.99. The van der Waals surface area contributed by atoms with Gasteiger partial charge in [0.1, 0.15) is 5.82 Å². The fourth-order valence-corrected chi connectivity index (χ4v) is 2.77. The van der Waals surface area contributed by atoms with Crippen LogP contribution in [0.3, 0.4) is 0 Å². The minimum Gasteiger partial charge on any atom is -0.444 e. The van der Waals surface area contributed by atoms with Gasteiger partial charge in [-0.1, -0.05) is 0 Å². The molecule has 1 aliphatic heterocycles. The van der Waals surface area contributed by atoms with Crippen LogP contribution in [0.2, 0.25) is 0 Å². The molecule has 0 bridgehead atoms. The lowest BCUT2D eigenvalue weighted by Gasteiger charge is -2.26. The van der Waals surface area contributed by atoms with E-state index in [-0.39, 0.29) is 31.7 Å². The number of carbonyl (C=O) groups excluding carboxylic acids is 1. The number of aromatic nitrogens is 3. The molecular formula is C13H12BrF3N4O2. The third-order valence-electron chi connectivity index (χ3n) is 3.69. The Morgan fingerprint density at radius 3 is 2.87 bits per heavy atom. The second-order valence-electron chi connectivity index (χ2n) is 5.21. The van der Waals surface area contributed by atoms with Gasteiger partial charge in [0.05, 0.1) is 12.5 Å². The van der Waals surface area contributed by atoms with Gasteiger partial charge < -0.3 is 14.3 Å². The molecule has 0 aromatic carbocycles. The van der Waals surface area contributed by atoms with Gasteiger partial charge in [-0.05, 0) is 34.5 Å². The number of hydrogen-bond acceptors (Lipinski definition) is 4. The van der Waals surface area contributed by atoms with Gasteiger partial charge in [-0.15, -0.1) is 10.2 Å². The van der Waals surface area contributed by atoms with E-state index in [4.69, 9.17) is 4.42 Å². The fraction of sp³-hybridized carbons (Fsp3) is 0.462. The SMILES string of the molecule is O=C(NCc1nnc2n1C[C@H](C(F)(F)F)CC2)c1ccc(Br)o1. The third-order valence-corrected chi connectivity index (χ3v) is 4.12. The lowest BCUT2D eigenvalue weighted by Crippen LogP contribution is -2.33. The van der Waals surface area contributed by atoms with E-state index in [1.807, 2.05) is 0 Å². The van der Waals surface area contributed by atoms with Crippen molar-refractivity contribution in [3.05, 3.63) is 34.2 Å². The molecule has 2 aromatic heterocycles. The van der Waals surface area contributed by atoms with Crippen LogP contribution in [0.25, 0.3) is 0 Å². The number of aryl methyl sites for hydroxylation is 1. The molecule has 0 spiro atoms. The summed E-state index contributed by atoms with van der Waals surface area (Å²) in [6.07, 6.45) is -4.02. The summed E-state index contributed by atoms with van der Waals surface area (Å²) in [6, 6.07) is 3.06. The number of furan rings is 1. The smallest absolute Gasteiger partial charge is 0.393 e. The van der Waals surface area contributed by atoms with Gasteiger partial charge >= 0.3 is 6.18 Å². The van der Waals surface area contributed by atoms with E-state index in [1.54, 1.807) is 6.07 Å². The normalized spacial score (nSPS) is 17.8. The van der Waals surface area contributed by atoms with Crippen LogP contribution in [0.1, 0.15) is 28.6 Å². The molecule has 1 aliphatic rings. The monoisotopic (exact) mass is 392 g/mol. The van der Waals surface area contributed by atoms with Gasteiger partial charge in [-0.2, -0.15) is 13.2 Å². The molecular weight excluding hydrogens is 381 g/mol. The Balaban J connectivity index is 1.68. The number of rotatable bonds is 3. The largest absolute Gasteiger partial charge is 0.444 e. The average Bonchev–Trinajstić information content (AvgIpc) is 3.09. The van der Waals surface area contributed by atoms with Crippen LogP contribution in [0.4, 0.5) is 13.2 Å². The Bertz CT molecular complexity index is 725. The van der Waals surface area contributed by atoms with Crippen LogP contribution in [0, 0.1) is 5.92 Å². The summed E-state index contributed by atoms with van der Waals surface area (Å²) in [6.45, 7) is -0.238. The van der Waals surface area contributed by atoms with Crippen molar-refractivity contribution in [3.63, 3.8) is 0 Å². The van der Waals surface area contributed by atoms with Crippen molar-refractivity contribution in [1.82, 2.24) is 20.1 Å². The molecule has 0 radical (unpaired) electrons. The first-order chi connectivity index (χ1) is 10.8. The van der Waals surface area contributed by atoms with E-state index < -0.39 is 18.0 Å². The van der Waals surface area contributed by atoms with Crippen molar-refractivity contribution in [2.45, 2.75) is 32.1 Å². The second kappa shape index (κ2) is 5.99. The number of halogens is 4. The lowest BCUT2D eigenvalue weighted by atomic mass is 9.99. The summed E-state index contributed by atoms with van der Waals surface area (Å²) in [5.74, 6) is -0.982. The fourth-order valence-electron chi connectivity index (χ4n) is 2.46. The van der Waals surface area contributed by atoms with E-state index in [0.717, 1.165) is 0 Å². The predicted octanol–water partition coefficient (Wildman–Crippen LogP) is 2.69. The molecule has 1 atom stereocenters. The number of fused-ring (bicyclic) bond motifs is 1. The summed E-state index contributed by atoms with van der Waals surface area (Å²) in [7, 11) is 0. The van der Waals surface area contributed by atoms with E-state index >= 15 is 0 Å². The minimum absolute atomic E-state index is 0.00835. The zero-order valence-electron chi connectivity index (χ0n) is 11.7. The molecule has 1 amide bonds. The van der Waals surface area contributed by atoms with Crippen LogP contribution in [0.5, 0.6) is 0 Å². The van der Waals surface area contributed by atoms with Crippen LogP contribution in [-0.2, 0) is 19.5 Å². The highest BCUT2D eigenvalue weighted by Gasteiger charge is 2.42. The van der Waals surface area contributed by atoms with Crippen LogP contribution >= 0.6 is 15.9 Å². The van der Waals surface area contributed by atoms with Crippen LogP contribution in [0.15, 0.2) is 21.2 Å². The van der Waals surface area contributed by atoms with Gasteiger partial charge in [-0.25, -0.2) is 0 Å². The van der Waals surface area contributed by atoms with Crippen molar-refractivity contribution in [1.29, 1.82) is 0 Å². The molecule has 0 unspecified atom stereocenters. The Kier molecular flexibility index (Phi) is 4.17. The topological polar surface area (TPSA) is 73.0 Å². The molecule has 6 nitrogen and oxygen atoms in total. The predicted molar refractivity (Wildman–Crippen MR) is 75.5 cm³/mol. The first-order valence-corrected chi connectivity index (χ1v) is 7.65. The molecule has 3 heterocycles. The first-order valence-electron chi connectivity index (χ1n) is 6.86. The summed E-state index contributed by atoms with van der Waals surface area (Å²) >= 11 is 3.09. The summed E-state index contributed by atoms with van der Waals surface area (Å²) in [4.78, 5) is 11.9. The highest BCUT2D eigenvalue weighted by Crippen LogP contribution is 2.34. The van der Waals surface area contributed by atoms with Gasteiger partial charge in [-0.3, -0.25) is 4.79 Å². The van der Waals surface area contributed by atoms with Crippen molar-refractivity contribution in [2.24, 2.45) is 5.92 Å². The van der Waals surface area contributed by atoms with Crippen molar-refractivity contribution >= 4 is 21.8 Å². The first kappa shape index (κ1) is 16.0. The van der Waals surface area contributed by atoms with Crippen LogP contribution in [-0.4, -0.2) is 26.8 Å². The zero-order valence-corrected chi connectivity index (χ0v) is 13.3. The van der Waals surface area contributed by atoms with E-state index in [2.05, 4.69) is 31.4 Å². The number of alkyl halides is 3. The minimum atomic E-state index is -4.25. The van der Waals surface area contributed by atoms with Gasteiger partial charge in [0, 0.05) is 13.0 Å². The van der Waals surface area contributed by atoms with E-state index in [1.165, 1.54) is 10.6 Å². The molecule has 1 N–H and O–H groups in total. The van der Waals surface area contributed by atoms with E-state index in [0.29, 0.717) is 16.3 Å². The average molecular weight is 393 g/mol. The maximum atomic E-state index is 12.9. The quantitative estimate of drug-likeness (QED) is 0.871. The number of nitrogens with zero attached hydrogens (tertiary/aromatic N) is 3. The van der Waals surface area contributed by atoms with Gasteiger partial charge in [0.2, 0.25) is 0 Å². The maximum absolute atomic E-state index is 12.9. The lowest BCUT2D eigenvalue weighted by molar-refractivity contribution is -0.182.